The van der Waals surface area contributed by atoms with Crippen LogP contribution in [0.3, 0.4) is 0 Å². The van der Waals surface area contributed by atoms with Gasteiger partial charge < -0.3 is 10.6 Å². The lowest BCUT2D eigenvalue weighted by Gasteiger charge is -2.17. The highest BCUT2D eigenvalue weighted by molar-refractivity contribution is 5.79. The SMILES string of the molecule is CCNC(=NCC1CCN(CC(F)(F)F)C1)NCCC(C)C. The maximum absolute atomic E-state index is 12.4. The fraction of sp³-hybridized carbons (Fsp3) is 0.933. The summed E-state index contributed by atoms with van der Waals surface area (Å²) in [6.07, 6.45) is -2.26. The van der Waals surface area contributed by atoms with Gasteiger partial charge in [-0.2, -0.15) is 13.2 Å². The summed E-state index contributed by atoms with van der Waals surface area (Å²) in [5, 5.41) is 6.45. The van der Waals surface area contributed by atoms with Crippen LogP contribution in [0.1, 0.15) is 33.6 Å². The first-order valence-corrected chi connectivity index (χ1v) is 8.11. The molecule has 130 valence electrons. The molecule has 0 saturated carbocycles. The van der Waals surface area contributed by atoms with Crippen molar-refractivity contribution in [3.63, 3.8) is 0 Å². The molecule has 2 N–H and O–H groups in total. The van der Waals surface area contributed by atoms with Crippen LogP contribution < -0.4 is 10.6 Å². The van der Waals surface area contributed by atoms with Crippen molar-refractivity contribution in [1.29, 1.82) is 0 Å². The van der Waals surface area contributed by atoms with E-state index in [0.29, 0.717) is 25.6 Å². The highest BCUT2D eigenvalue weighted by Gasteiger charge is 2.34. The molecule has 4 nitrogen and oxygen atoms in total. The van der Waals surface area contributed by atoms with E-state index in [1.54, 1.807) is 0 Å². The molecule has 1 heterocycles. The molecule has 1 rings (SSSR count). The third-order valence-electron chi connectivity index (χ3n) is 3.64. The van der Waals surface area contributed by atoms with E-state index < -0.39 is 12.7 Å². The molecule has 1 fully saturated rings. The second kappa shape index (κ2) is 9.22. The first-order valence-electron chi connectivity index (χ1n) is 8.11. The number of nitrogens with one attached hydrogen (secondary N) is 2. The van der Waals surface area contributed by atoms with Crippen LogP contribution >= 0.6 is 0 Å². The Morgan fingerprint density at radius 1 is 1.32 bits per heavy atom. The fourth-order valence-corrected chi connectivity index (χ4v) is 2.50. The lowest BCUT2D eigenvalue weighted by molar-refractivity contribution is -0.143. The van der Waals surface area contributed by atoms with Crippen LogP contribution in [0.5, 0.6) is 0 Å². The van der Waals surface area contributed by atoms with Crippen molar-refractivity contribution in [3.8, 4) is 0 Å². The van der Waals surface area contributed by atoms with Crippen LogP contribution in [-0.4, -0.2) is 56.3 Å². The van der Waals surface area contributed by atoms with Crippen LogP contribution in [0.15, 0.2) is 4.99 Å². The van der Waals surface area contributed by atoms with Crippen molar-refractivity contribution >= 4 is 5.96 Å². The molecule has 1 aliphatic rings. The van der Waals surface area contributed by atoms with E-state index in [-0.39, 0.29) is 5.92 Å². The Bertz CT molecular complexity index is 342. The van der Waals surface area contributed by atoms with Crippen LogP contribution in [0.25, 0.3) is 0 Å². The van der Waals surface area contributed by atoms with Gasteiger partial charge in [0.15, 0.2) is 5.96 Å². The topological polar surface area (TPSA) is 39.7 Å². The number of hydrogen-bond acceptors (Lipinski definition) is 2. The average molecular weight is 322 g/mol. The van der Waals surface area contributed by atoms with Crippen molar-refractivity contribution in [3.05, 3.63) is 0 Å². The highest BCUT2D eigenvalue weighted by atomic mass is 19.4. The first-order chi connectivity index (χ1) is 10.3. The van der Waals surface area contributed by atoms with Gasteiger partial charge in [0, 0.05) is 26.2 Å². The summed E-state index contributed by atoms with van der Waals surface area (Å²) in [5.41, 5.74) is 0. The zero-order chi connectivity index (χ0) is 16.6. The van der Waals surface area contributed by atoms with Crippen LogP contribution in [0.4, 0.5) is 13.2 Å². The summed E-state index contributed by atoms with van der Waals surface area (Å²) < 4.78 is 37.1. The Morgan fingerprint density at radius 3 is 2.64 bits per heavy atom. The minimum Gasteiger partial charge on any atom is -0.357 e. The van der Waals surface area contributed by atoms with Crippen molar-refractivity contribution < 1.29 is 13.2 Å². The van der Waals surface area contributed by atoms with E-state index in [2.05, 4.69) is 29.5 Å². The molecule has 1 unspecified atom stereocenters. The third kappa shape index (κ3) is 8.46. The number of alkyl halides is 3. The molecule has 0 aromatic rings. The predicted molar refractivity (Wildman–Crippen MR) is 84.0 cm³/mol. The molecule has 22 heavy (non-hydrogen) atoms. The second-order valence-corrected chi connectivity index (χ2v) is 6.33. The number of rotatable bonds is 7. The van der Waals surface area contributed by atoms with Gasteiger partial charge >= 0.3 is 6.18 Å². The summed E-state index contributed by atoms with van der Waals surface area (Å²) in [5.74, 6) is 1.60. The molecule has 1 aliphatic heterocycles. The van der Waals surface area contributed by atoms with Gasteiger partial charge in [-0.05, 0) is 38.1 Å². The second-order valence-electron chi connectivity index (χ2n) is 6.33. The minimum atomic E-state index is -4.11. The molecule has 0 aliphatic carbocycles. The van der Waals surface area contributed by atoms with Gasteiger partial charge in [-0.3, -0.25) is 9.89 Å². The lowest BCUT2D eigenvalue weighted by atomic mass is 10.1. The molecule has 1 saturated heterocycles. The van der Waals surface area contributed by atoms with Gasteiger partial charge in [-0.15, -0.1) is 0 Å². The number of hydrogen-bond donors (Lipinski definition) is 2. The Kier molecular flexibility index (Phi) is 8.00. The molecule has 0 spiro atoms. The van der Waals surface area contributed by atoms with Crippen LogP contribution in [-0.2, 0) is 0 Å². The van der Waals surface area contributed by atoms with Gasteiger partial charge in [0.25, 0.3) is 0 Å². The monoisotopic (exact) mass is 322 g/mol. The van der Waals surface area contributed by atoms with Crippen molar-refractivity contribution in [2.75, 3.05) is 39.3 Å². The lowest BCUT2D eigenvalue weighted by Crippen LogP contribution is -2.38. The number of halogens is 3. The van der Waals surface area contributed by atoms with Crippen molar-refractivity contribution in [1.82, 2.24) is 15.5 Å². The number of likely N-dealkylation sites (tertiary alicyclic amines) is 1. The smallest absolute Gasteiger partial charge is 0.357 e. The fourth-order valence-electron chi connectivity index (χ4n) is 2.50. The summed E-state index contributed by atoms with van der Waals surface area (Å²) in [6, 6.07) is 0. The van der Waals surface area contributed by atoms with Gasteiger partial charge in [0.05, 0.1) is 6.54 Å². The predicted octanol–water partition coefficient (Wildman–Crippen LogP) is 2.47. The number of aliphatic imine (C=N–C) groups is 1. The molecular weight excluding hydrogens is 293 g/mol. The van der Waals surface area contributed by atoms with Crippen molar-refractivity contribution in [2.45, 2.75) is 39.8 Å². The van der Waals surface area contributed by atoms with E-state index in [1.807, 2.05) is 6.92 Å². The van der Waals surface area contributed by atoms with Crippen LogP contribution in [0.2, 0.25) is 0 Å². The van der Waals surface area contributed by atoms with E-state index in [0.717, 1.165) is 31.9 Å². The molecule has 7 heteroatoms. The van der Waals surface area contributed by atoms with Gasteiger partial charge in [0.2, 0.25) is 0 Å². The van der Waals surface area contributed by atoms with Gasteiger partial charge in [-0.25, -0.2) is 0 Å². The highest BCUT2D eigenvalue weighted by Crippen LogP contribution is 2.22. The van der Waals surface area contributed by atoms with E-state index >= 15 is 0 Å². The Balaban J connectivity index is 2.36. The summed E-state index contributed by atoms with van der Waals surface area (Å²) in [6.45, 7) is 8.72. The molecule has 0 bridgehead atoms. The zero-order valence-electron chi connectivity index (χ0n) is 13.8. The van der Waals surface area contributed by atoms with E-state index in [1.165, 1.54) is 4.90 Å². The van der Waals surface area contributed by atoms with E-state index in [9.17, 15) is 13.2 Å². The van der Waals surface area contributed by atoms with Crippen LogP contribution in [0, 0.1) is 11.8 Å². The molecule has 0 aromatic heterocycles. The Hall–Kier alpha value is -0.980. The minimum absolute atomic E-state index is 0.211. The molecule has 0 amide bonds. The maximum Gasteiger partial charge on any atom is 0.401 e. The Labute approximate surface area is 131 Å². The molecule has 0 radical (unpaired) electrons. The largest absolute Gasteiger partial charge is 0.401 e. The first kappa shape index (κ1) is 19.1. The third-order valence-corrected chi connectivity index (χ3v) is 3.64. The normalized spacial score (nSPS) is 20.7. The van der Waals surface area contributed by atoms with Crippen molar-refractivity contribution in [2.24, 2.45) is 16.8 Å². The summed E-state index contributed by atoms with van der Waals surface area (Å²) >= 11 is 0. The summed E-state index contributed by atoms with van der Waals surface area (Å²) in [7, 11) is 0. The molecule has 0 aromatic carbocycles. The van der Waals surface area contributed by atoms with Gasteiger partial charge in [-0.1, -0.05) is 13.8 Å². The molecular formula is C15H29F3N4. The van der Waals surface area contributed by atoms with Gasteiger partial charge in [0.1, 0.15) is 0 Å². The Morgan fingerprint density at radius 2 is 2.05 bits per heavy atom. The van der Waals surface area contributed by atoms with E-state index in [4.69, 9.17) is 0 Å². The average Bonchev–Trinajstić information content (AvgIpc) is 2.80. The zero-order valence-corrected chi connectivity index (χ0v) is 13.8. The summed E-state index contributed by atoms with van der Waals surface area (Å²) in [4.78, 5) is 5.98. The number of guanidine groups is 1. The maximum atomic E-state index is 12.4. The number of nitrogens with zero attached hydrogens (tertiary/aromatic N) is 2. The quantitative estimate of drug-likeness (QED) is 0.559. The molecule has 1 atom stereocenters. The standard InChI is InChI=1S/C15H29F3N4/c1-4-19-14(20-7-5-12(2)3)21-9-13-6-8-22(10-13)11-15(16,17)18/h12-13H,4-11H2,1-3H3,(H2,19,20,21).